The second-order valence-corrected chi connectivity index (χ2v) is 6.87. The van der Waals surface area contributed by atoms with Crippen LogP contribution in [0.2, 0.25) is 0 Å². The van der Waals surface area contributed by atoms with Crippen molar-refractivity contribution in [1.82, 2.24) is 14.3 Å². The zero-order valence-electron chi connectivity index (χ0n) is 11.5. The lowest BCUT2D eigenvalue weighted by molar-refractivity contribution is 0.357. The first-order chi connectivity index (χ1) is 8.96. The average Bonchev–Trinajstić information content (AvgIpc) is 3.22. The van der Waals surface area contributed by atoms with Crippen LogP contribution in [0.25, 0.3) is 0 Å². The van der Waals surface area contributed by atoms with Gasteiger partial charge in [-0.25, -0.2) is 18.4 Å². The van der Waals surface area contributed by atoms with Crippen LogP contribution in [0.4, 0.5) is 5.95 Å². The van der Waals surface area contributed by atoms with Gasteiger partial charge in [-0.15, -0.1) is 0 Å². The first-order valence-electron chi connectivity index (χ1n) is 6.50. The van der Waals surface area contributed by atoms with Crippen molar-refractivity contribution < 1.29 is 8.42 Å². The third-order valence-corrected chi connectivity index (χ3v) is 5.42. The van der Waals surface area contributed by atoms with Crippen molar-refractivity contribution in [2.75, 3.05) is 18.9 Å². The van der Waals surface area contributed by atoms with Crippen molar-refractivity contribution in [3.8, 4) is 0 Å². The summed E-state index contributed by atoms with van der Waals surface area (Å²) in [7, 11) is -1.87. The number of hydrogen-bond donors (Lipinski definition) is 1. The SMILES string of the molecule is CCNc1ncc(S(=O)(=O)N(C)C(C)C2CC2)cn1. The first kappa shape index (κ1) is 14.2. The molecule has 1 heterocycles. The van der Waals surface area contributed by atoms with Gasteiger partial charge in [-0.2, -0.15) is 4.31 Å². The summed E-state index contributed by atoms with van der Waals surface area (Å²) >= 11 is 0. The summed E-state index contributed by atoms with van der Waals surface area (Å²) < 4.78 is 26.2. The molecular weight excluding hydrogens is 264 g/mol. The van der Waals surface area contributed by atoms with Gasteiger partial charge in [0.05, 0.1) is 12.4 Å². The molecule has 6 nitrogen and oxygen atoms in total. The van der Waals surface area contributed by atoms with E-state index >= 15 is 0 Å². The minimum absolute atomic E-state index is 0.0263. The second kappa shape index (κ2) is 5.42. The molecule has 1 unspecified atom stereocenters. The van der Waals surface area contributed by atoms with E-state index in [9.17, 15) is 8.42 Å². The largest absolute Gasteiger partial charge is 0.355 e. The van der Waals surface area contributed by atoms with Crippen molar-refractivity contribution >= 4 is 16.0 Å². The minimum atomic E-state index is -3.49. The summed E-state index contributed by atoms with van der Waals surface area (Å²) in [6, 6.07) is 0.0263. The summed E-state index contributed by atoms with van der Waals surface area (Å²) in [6.45, 7) is 4.58. The van der Waals surface area contributed by atoms with E-state index in [1.165, 1.54) is 16.7 Å². The fourth-order valence-corrected chi connectivity index (χ4v) is 3.27. The summed E-state index contributed by atoms with van der Waals surface area (Å²) in [5, 5.41) is 2.94. The summed E-state index contributed by atoms with van der Waals surface area (Å²) in [5.74, 6) is 0.932. The molecule has 0 saturated heterocycles. The Morgan fingerprint density at radius 1 is 1.42 bits per heavy atom. The first-order valence-corrected chi connectivity index (χ1v) is 7.94. The monoisotopic (exact) mass is 284 g/mol. The van der Waals surface area contributed by atoms with Gasteiger partial charge in [-0.3, -0.25) is 0 Å². The highest BCUT2D eigenvalue weighted by atomic mass is 32.2. The fourth-order valence-electron chi connectivity index (χ4n) is 1.96. The molecule has 19 heavy (non-hydrogen) atoms. The summed E-state index contributed by atoms with van der Waals surface area (Å²) in [6.07, 6.45) is 4.93. The highest BCUT2D eigenvalue weighted by molar-refractivity contribution is 7.89. The number of anilines is 1. The van der Waals surface area contributed by atoms with Gasteiger partial charge in [-0.1, -0.05) is 0 Å². The lowest BCUT2D eigenvalue weighted by Gasteiger charge is -2.23. The van der Waals surface area contributed by atoms with Crippen LogP contribution in [0.15, 0.2) is 17.3 Å². The van der Waals surface area contributed by atoms with E-state index in [0.717, 1.165) is 12.8 Å². The molecule has 1 N–H and O–H groups in total. The third-order valence-electron chi connectivity index (χ3n) is 3.52. The van der Waals surface area contributed by atoms with E-state index in [1.807, 2.05) is 13.8 Å². The Morgan fingerprint density at radius 3 is 2.47 bits per heavy atom. The van der Waals surface area contributed by atoms with Crippen molar-refractivity contribution in [2.24, 2.45) is 5.92 Å². The normalized spacial score (nSPS) is 17.5. The molecule has 0 bridgehead atoms. The standard InChI is InChI=1S/C12H20N4O2S/c1-4-13-12-14-7-11(8-15-12)19(17,18)16(3)9(2)10-5-6-10/h7-10H,4-6H2,1-3H3,(H,13,14,15). The Kier molecular flexibility index (Phi) is 4.05. The van der Waals surface area contributed by atoms with E-state index < -0.39 is 10.0 Å². The van der Waals surface area contributed by atoms with Crippen LogP contribution in [0.5, 0.6) is 0 Å². The lowest BCUT2D eigenvalue weighted by atomic mass is 10.2. The molecule has 1 aliphatic carbocycles. The smallest absolute Gasteiger partial charge is 0.246 e. The van der Waals surface area contributed by atoms with Crippen molar-refractivity contribution in [2.45, 2.75) is 37.6 Å². The van der Waals surface area contributed by atoms with Gasteiger partial charge in [0.1, 0.15) is 4.90 Å². The molecule has 1 aromatic heterocycles. The van der Waals surface area contributed by atoms with Crippen molar-refractivity contribution in [3.63, 3.8) is 0 Å². The number of nitrogens with zero attached hydrogens (tertiary/aromatic N) is 3. The molecule has 1 aliphatic rings. The van der Waals surface area contributed by atoms with Crippen LogP contribution in [-0.2, 0) is 10.0 Å². The van der Waals surface area contributed by atoms with E-state index in [-0.39, 0.29) is 10.9 Å². The van der Waals surface area contributed by atoms with Gasteiger partial charge in [0.2, 0.25) is 16.0 Å². The van der Waals surface area contributed by atoms with Crippen LogP contribution in [0, 0.1) is 5.92 Å². The van der Waals surface area contributed by atoms with Crippen LogP contribution in [0.1, 0.15) is 26.7 Å². The topological polar surface area (TPSA) is 75.2 Å². The Hall–Kier alpha value is -1.21. The van der Waals surface area contributed by atoms with Crippen LogP contribution >= 0.6 is 0 Å². The number of rotatable bonds is 6. The number of aromatic nitrogens is 2. The molecule has 0 amide bonds. The van der Waals surface area contributed by atoms with Crippen molar-refractivity contribution in [1.29, 1.82) is 0 Å². The van der Waals surface area contributed by atoms with Crippen molar-refractivity contribution in [3.05, 3.63) is 12.4 Å². The molecular formula is C12H20N4O2S. The fraction of sp³-hybridized carbons (Fsp3) is 0.667. The van der Waals surface area contributed by atoms with E-state index in [1.54, 1.807) is 7.05 Å². The summed E-state index contributed by atoms with van der Waals surface area (Å²) in [4.78, 5) is 8.16. The molecule has 1 aromatic rings. The van der Waals surface area contributed by atoms with E-state index in [4.69, 9.17) is 0 Å². The number of nitrogens with one attached hydrogen (secondary N) is 1. The Bertz CT molecular complexity index is 525. The maximum Gasteiger partial charge on any atom is 0.246 e. The molecule has 0 aliphatic heterocycles. The number of hydrogen-bond acceptors (Lipinski definition) is 5. The maximum atomic E-state index is 12.4. The van der Waals surface area contributed by atoms with Gasteiger partial charge in [-0.05, 0) is 32.6 Å². The van der Waals surface area contributed by atoms with Crippen LogP contribution in [0.3, 0.4) is 0 Å². The molecule has 106 valence electrons. The van der Waals surface area contributed by atoms with E-state index in [0.29, 0.717) is 18.4 Å². The summed E-state index contributed by atoms with van der Waals surface area (Å²) in [5.41, 5.74) is 0. The lowest BCUT2D eigenvalue weighted by Crippen LogP contribution is -2.36. The minimum Gasteiger partial charge on any atom is -0.355 e. The molecule has 1 atom stereocenters. The molecule has 7 heteroatoms. The number of sulfonamides is 1. The van der Waals surface area contributed by atoms with Crippen LogP contribution in [-0.4, -0.2) is 42.3 Å². The quantitative estimate of drug-likeness (QED) is 0.853. The van der Waals surface area contributed by atoms with Gasteiger partial charge in [0.25, 0.3) is 0 Å². The molecule has 2 rings (SSSR count). The maximum absolute atomic E-state index is 12.4. The highest BCUT2D eigenvalue weighted by Crippen LogP contribution is 2.36. The molecule has 0 spiro atoms. The second-order valence-electron chi connectivity index (χ2n) is 4.87. The zero-order chi connectivity index (χ0) is 14.0. The average molecular weight is 284 g/mol. The van der Waals surface area contributed by atoms with Crippen LogP contribution < -0.4 is 5.32 Å². The zero-order valence-corrected chi connectivity index (χ0v) is 12.3. The Labute approximate surface area is 114 Å². The van der Waals surface area contributed by atoms with Gasteiger partial charge >= 0.3 is 0 Å². The molecule has 0 aromatic carbocycles. The predicted octanol–water partition coefficient (Wildman–Crippen LogP) is 1.33. The molecule has 1 saturated carbocycles. The molecule has 0 radical (unpaired) electrons. The highest BCUT2D eigenvalue weighted by Gasteiger charge is 2.36. The van der Waals surface area contributed by atoms with Gasteiger partial charge in [0, 0.05) is 19.6 Å². The van der Waals surface area contributed by atoms with E-state index in [2.05, 4.69) is 15.3 Å². The Balaban J connectivity index is 2.18. The Morgan fingerprint density at radius 2 is 2.00 bits per heavy atom. The van der Waals surface area contributed by atoms with Gasteiger partial charge < -0.3 is 5.32 Å². The third kappa shape index (κ3) is 3.03. The molecule has 1 fully saturated rings. The van der Waals surface area contributed by atoms with Gasteiger partial charge in [0.15, 0.2) is 0 Å². The predicted molar refractivity (Wildman–Crippen MR) is 73.3 cm³/mol.